The Morgan fingerprint density at radius 3 is 2.64 bits per heavy atom. The maximum absolute atomic E-state index is 9.21. The number of unbranched alkanes of at least 4 members (excludes halogenated alkanes) is 2. The highest BCUT2D eigenvalue weighted by Crippen LogP contribution is 2.00. The largest absolute Gasteiger partial charge is 0.379 e. The van der Waals surface area contributed by atoms with Crippen molar-refractivity contribution in [2.24, 2.45) is 5.73 Å². The number of nitrogens with one attached hydrogen (secondary N) is 1. The lowest BCUT2D eigenvalue weighted by atomic mass is 10.2. The molecule has 3 nitrogen and oxygen atoms in total. The maximum atomic E-state index is 9.21. The number of aliphatic hydroxyl groups excluding tert-OH is 1. The van der Waals surface area contributed by atoms with E-state index in [4.69, 9.17) is 5.73 Å². The van der Waals surface area contributed by atoms with Crippen LogP contribution in [0.15, 0.2) is 0 Å². The first-order valence-electron chi connectivity index (χ1n) is 4.42. The molecule has 0 aromatic heterocycles. The summed E-state index contributed by atoms with van der Waals surface area (Å²) in [6.07, 6.45) is 3.77. The van der Waals surface area contributed by atoms with Gasteiger partial charge in [0.15, 0.2) is 0 Å². The van der Waals surface area contributed by atoms with Crippen molar-refractivity contribution in [3.63, 3.8) is 0 Å². The minimum atomic E-state index is -0.322. The summed E-state index contributed by atoms with van der Waals surface area (Å²) in [7, 11) is 0. The molecule has 0 aromatic carbocycles. The van der Waals surface area contributed by atoms with Crippen LogP contribution in [0.25, 0.3) is 0 Å². The predicted octanol–water partition coefficient (Wildman–Crippen LogP) is 0.433. The minimum absolute atomic E-state index is 0.322. The minimum Gasteiger partial charge on any atom is -0.379 e. The van der Waals surface area contributed by atoms with Crippen LogP contribution in [0.3, 0.4) is 0 Å². The van der Waals surface area contributed by atoms with Gasteiger partial charge < -0.3 is 10.8 Å². The molecule has 0 rings (SSSR count). The van der Waals surface area contributed by atoms with Gasteiger partial charge in [0.05, 0.1) is 0 Å². The van der Waals surface area contributed by atoms with E-state index in [1.807, 2.05) is 6.92 Å². The topological polar surface area (TPSA) is 58.3 Å². The molecule has 0 amide bonds. The normalized spacial score (nSPS) is 13.4. The number of nitrogens with two attached hydrogens (primary N) is 1. The highest BCUT2D eigenvalue weighted by molar-refractivity contribution is 4.52. The van der Waals surface area contributed by atoms with Crippen LogP contribution in [0.2, 0.25) is 0 Å². The van der Waals surface area contributed by atoms with Crippen LogP contribution in [0.5, 0.6) is 0 Å². The highest BCUT2D eigenvalue weighted by atomic mass is 16.3. The first-order valence-corrected chi connectivity index (χ1v) is 4.42. The third kappa shape index (κ3) is 7.78. The summed E-state index contributed by atoms with van der Waals surface area (Å²) in [5.74, 6) is 0. The molecule has 1 atom stereocenters. The molecular weight excluding hydrogens is 140 g/mol. The van der Waals surface area contributed by atoms with Crippen LogP contribution in [0.1, 0.15) is 32.6 Å². The van der Waals surface area contributed by atoms with Gasteiger partial charge in [-0.3, -0.25) is 5.32 Å². The Morgan fingerprint density at radius 2 is 2.09 bits per heavy atom. The molecule has 0 bridgehead atoms. The summed E-state index contributed by atoms with van der Waals surface area (Å²) in [6, 6.07) is 0. The van der Waals surface area contributed by atoms with Crippen molar-refractivity contribution >= 4 is 0 Å². The van der Waals surface area contributed by atoms with E-state index in [0.717, 1.165) is 38.8 Å². The fourth-order valence-electron chi connectivity index (χ4n) is 0.996. The van der Waals surface area contributed by atoms with Gasteiger partial charge in [-0.2, -0.15) is 0 Å². The Labute approximate surface area is 69.0 Å². The first kappa shape index (κ1) is 10.9. The van der Waals surface area contributed by atoms with Crippen molar-refractivity contribution in [2.45, 2.75) is 38.8 Å². The van der Waals surface area contributed by atoms with Crippen LogP contribution >= 0.6 is 0 Å². The third-order valence-corrected chi connectivity index (χ3v) is 1.62. The lowest BCUT2D eigenvalue weighted by Crippen LogP contribution is -2.28. The smallest absolute Gasteiger partial charge is 0.104 e. The summed E-state index contributed by atoms with van der Waals surface area (Å²) in [5, 5.41) is 12.2. The van der Waals surface area contributed by atoms with Gasteiger partial charge in [0.2, 0.25) is 0 Å². The Hall–Kier alpha value is -0.120. The molecule has 11 heavy (non-hydrogen) atoms. The molecule has 0 aliphatic carbocycles. The van der Waals surface area contributed by atoms with Crippen molar-refractivity contribution in [3.8, 4) is 0 Å². The number of hydrogen-bond donors (Lipinski definition) is 3. The van der Waals surface area contributed by atoms with Gasteiger partial charge in [0.25, 0.3) is 0 Å². The van der Waals surface area contributed by atoms with Crippen molar-refractivity contribution in [3.05, 3.63) is 0 Å². The van der Waals surface area contributed by atoms with Gasteiger partial charge in [-0.25, -0.2) is 0 Å². The predicted molar refractivity (Wildman–Crippen MR) is 47.2 cm³/mol. The standard InChI is InChI=1S/C8H20N2O/c1-2-10-8(11)6-4-3-5-7-9/h8,10-11H,2-7,9H2,1H3. The molecule has 0 heterocycles. The van der Waals surface area contributed by atoms with E-state index in [0.29, 0.717) is 0 Å². The maximum Gasteiger partial charge on any atom is 0.104 e. The van der Waals surface area contributed by atoms with E-state index in [2.05, 4.69) is 5.32 Å². The monoisotopic (exact) mass is 160 g/mol. The third-order valence-electron chi connectivity index (χ3n) is 1.62. The molecule has 0 saturated heterocycles. The summed E-state index contributed by atoms with van der Waals surface area (Å²) in [5.41, 5.74) is 5.33. The van der Waals surface area contributed by atoms with Crippen LogP contribution in [0.4, 0.5) is 0 Å². The Kier molecular flexibility index (Phi) is 7.89. The highest BCUT2D eigenvalue weighted by Gasteiger charge is 1.99. The van der Waals surface area contributed by atoms with Crippen LogP contribution in [0, 0.1) is 0 Å². The molecule has 0 aliphatic heterocycles. The number of rotatable bonds is 7. The molecule has 0 spiro atoms. The second-order valence-corrected chi connectivity index (χ2v) is 2.71. The van der Waals surface area contributed by atoms with Gasteiger partial charge in [0, 0.05) is 0 Å². The number of hydrogen-bond acceptors (Lipinski definition) is 3. The van der Waals surface area contributed by atoms with Gasteiger partial charge >= 0.3 is 0 Å². The molecule has 0 aromatic rings. The van der Waals surface area contributed by atoms with E-state index < -0.39 is 0 Å². The average molecular weight is 160 g/mol. The lowest BCUT2D eigenvalue weighted by molar-refractivity contribution is 0.127. The number of aliphatic hydroxyl groups is 1. The zero-order chi connectivity index (χ0) is 8.53. The molecule has 0 radical (unpaired) electrons. The van der Waals surface area contributed by atoms with Crippen molar-refractivity contribution in [1.82, 2.24) is 5.32 Å². The molecule has 4 N–H and O–H groups in total. The SMILES string of the molecule is CCNC(O)CCCCCN. The van der Waals surface area contributed by atoms with Gasteiger partial charge in [-0.15, -0.1) is 0 Å². The molecule has 0 saturated carbocycles. The molecule has 68 valence electrons. The summed E-state index contributed by atoms with van der Waals surface area (Å²) in [6.45, 7) is 3.58. The second kappa shape index (κ2) is 7.98. The fraction of sp³-hybridized carbons (Fsp3) is 1.00. The van der Waals surface area contributed by atoms with Crippen molar-refractivity contribution in [2.75, 3.05) is 13.1 Å². The Bertz CT molecular complexity index is 78.5. The van der Waals surface area contributed by atoms with Crippen LogP contribution in [-0.2, 0) is 0 Å². The Morgan fingerprint density at radius 1 is 1.36 bits per heavy atom. The molecule has 1 unspecified atom stereocenters. The van der Waals surface area contributed by atoms with Crippen molar-refractivity contribution < 1.29 is 5.11 Å². The van der Waals surface area contributed by atoms with E-state index in [1.54, 1.807) is 0 Å². The summed E-state index contributed by atoms with van der Waals surface area (Å²) < 4.78 is 0. The van der Waals surface area contributed by atoms with E-state index in [1.165, 1.54) is 0 Å². The molecule has 0 aliphatic rings. The molecule has 3 heteroatoms. The zero-order valence-electron chi connectivity index (χ0n) is 7.34. The quantitative estimate of drug-likeness (QED) is 0.374. The van der Waals surface area contributed by atoms with Gasteiger partial charge in [-0.05, 0) is 32.4 Å². The molecule has 0 fully saturated rings. The average Bonchev–Trinajstić information content (AvgIpc) is 1.99. The summed E-state index contributed by atoms with van der Waals surface area (Å²) >= 11 is 0. The van der Waals surface area contributed by atoms with E-state index in [9.17, 15) is 5.11 Å². The summed E-state index contributed by atoms with van der Waals surface area (Å²) in [4.78, 5) is 0. The van der Waals surface area contributed by atoms with E-state index in [-0.39, 0.29) is 6.23 Å². The van der Waals surface area contributed by atoms with Gasteiger partial charge in [0.1, 0.15) is 6.23 Å². The first-order chi connectivity index (χ1) is 5.31. The van der Waals surface area contributed by atoms with Crippen LogP contribution < -0.4 is 11.1 Å². The lowest BCUT2D eigenvalue weighted by Gasteiger charge is -2.09. The van der Waals surface area contributed by atoms with Crippen molar-refractivity contribution in [1.29, 1.82) is 0 Å². The molecular formula is C8H20N2O. The Balaban J connectivity index is 2.97. The zero-order valence-corrected chi connectivity index (χ0v) is 7.34. The van der Waals surface area contributed by atoms with Crippen LogP contribution in [-0.4, -0.2) is 24.4 Å². The second-order valence-electron chi connectivity index (χ2n) is 2.71. The fourth-order valence-corrected chi connectivity index (χ4v) is 0.996. The van der Waals surface area contributed by atoms with E-state index >= 15 is 0 Å². The van der Waals surface area contributed by atoms with Gasteiger partial charge in [-0.1, -0.05) is 13.3 Å².